The first-order valence-corrected chi connectivity index (χ1v) is 7.64. The van der Waals surface area contributed by atoms with Gasteiger partial charge in [-0.3, -0.25) is 14.3 Å². The van der Waals surface area contributed by atoms with E-state index in [-0.39, 0.29) is 5.56 Å². The van der Waals surface area contributed by atoms with Crippen molar-refractivity contribution in [3.05, 3.63) is 32.6 Å². The summed E-state index contributed by atoms with van der Waals surface area (Å²) in [5.74, 6) is 0. The number of rotatable bonds is 4. The molecule has 0 aromatic carbocycles. The van der Waals surface area contributed by atoms with Crippen LogP contribution in [0.25, 0.3) is 0 Å². The number of aliphatic hydroxyl groups is 2. The first kappa shape index (κ1) is 17.0. The standard InChI is InChI=1S/C10H15N2O9P/c1-12-2-4(9(15)11-10(12)16)8-7(14)6(13)5(21-8)3-20-22(17,18)19/h2,5-8,13-14H,3H2,1H3,(H,11,15,16)(H2,17,18,19)/t5-,6-,7?,8+/m1/s1. The van der Waals surface area contributed by atoms with Crippen molar-refractivity contribution in [1.29, 1.82) is 0 Å². The molecule has 0 aliphatic carbocycles. The molecule has 0 radical (unpaired) electrons. The molecule has 4 atom stereocenters. The Morgan fingerprint density at radius 3 is 2.59 bits per heavy atom. The van der Waals surface area contributed by atoms with Crippen LogP contribution in [0.3, 0.4) is 0 Å². The first-order chi connectivity index (χ1) is 10.1. The number of nitrogens with one attached hydrogen (secondary N) is 1. The van der Waals surface area contributed by atoms with Gasteiger partial charge in [-0.25, -0.2) is 9.36 Å². The Morgan fingerprint density at radius 2 is 2.00 bits per heavy atom. The molecule has 0 spiro atoms. The van der Waals surface area contributed by atoms with Crippen LogP contribution in [0.5, 0.6) is 0 Å². The van der Waals surface area contributed by atoms with Gasteiger partial charge in [0.1, 0.15) is 24.4 Å². The maximum Gasteiger partial charge on any atom is 0.469 e. The summed E-state index contributed by atoms with van der Waals surface area (Å²) >= 11 is 0. The molecule has 1 aromatic rings. The minimum Gasteiger partial charge on any atom is -0.387 e. The summed E-state index contributed by atoms with van der Waals surface area (Å²) in [5, 5.41) is 19.7. The predicted octanol–water partition coefficient (Wildman–Crippen LogP) is -2.66. The molecule has 11 nitrogen and oxygen atoms in total. The van der Waals surface area contributed by atoms with Gasteiger partial charge in [0, 0.05) is 13.2 Å². The SMILES string of the molecule is Cn1cc([C@@H]2O[C@H](COP(=O)(O)O)[C@@H](O)C2O)c(=O)[nH]c1=O. The van der Waals surface area contributed by atoms with E-state index in [0.717, 1.165) is 10.8 Å². The Labute approximate surface area is 123 Å². The lowest BCUT2D eigenvalue weighted by molar-refractivity contribution is -0.0229. The van der Waals surface area contributed by atoms with E-state index >= 15 is 0 Å². The first-order valence-electron chi connectivity index (χ1n) is 6.11. The van der Waals surface area contributed by atoms with E-state index in [9.17, 15) is 24.4 Å². The van der Waals surface area contributed by atoms with Crippen LogP contribution >= 0.6 is 7.82 Å². The predicted molar refractivity (Wildman–Crippen MR) is 69.9 cm³/mol. The second kappa shape index (κ2) is 6.05. The van der Waals surface area contributed by atoms with Gasteiger partial charge in [0.05, 0.1) is 12.2 Å². The Hall–Kier alpha value is -1.33. The Balaban J connectivity index is 2.23. The van der Waals surface area contributed by atoms with E-state index in [0.29, 0.717) is 0 Å². The highest BCUT2D eigenvalue weighted by molar-refractivity contribution is 7.46. The highest BCUT2D eigenvalue weighted by Crippen LogP contribution is 2.38. The van der Waals surface area contributed by atoms with Crippen LogP contribution in [0.2, 0.25) is 0 Å². The summed E-state index contributed by atoms with van der Waals surface area (Å²) in [7, 11) is -3.40. The van der Waals surface area contributed by atoms with Crippen molar-refractivity contribution in [3.8, 4) is 0 Å². The molecule has 0 amide bonds. The van der Waals surface area contributed by atoms with Crippen LogP contribution in [-0.4, -0.2) is 54.5 Å². The smallest absolute Gasteiger partial charge is 0.387 e. The number of nitrogens with zero attached hydrogens (tertiary/aromatic N) is 1. The molecule has 1 aliphatic rings. The van der Waals surface area contributed by atoms with Crippen LogP contribution in [0.15, 0.2) is 15.8 Å². The molecule has 1 saturated heterocycles. The number of H-pyrrole nitrogens is 1. The minimum atomic E-state index is -4.77. The fraction of sp³-hybridized carbons (Fsp3) is 0.600. The quantitative estimate of drug-likeness (QED) is 0.367. The zero-order valence-electron chi connectivity index (χ0n) is 11.3. The van der Waals surface area contributed by atoms with Crippen LogP contribution in [-0.2, 0) is 20.9 Å². The molecular formula is C10H15N2O9P. The zero-order chi connectivity index (χ0) is 16.7. The monoisotopic (exact) mass is 338 g/mol. The van der Waals surface area contributed by atoms with Crippen LogP contribution in [0.1, 0.15) is 11.7 Å². The van der Waals surface area contributed by atoms with Crippen LogP contribution < -0.4 is 11.2 Å². The van der Waals surface area contributed by atoms with E-state index < -0.39 is 50.1 Å². The Kier molecular flexibility index (Phi) is 4.68. The summed E-state index contributed by atoms with van der Waals surface area (Å²) in [6, 6.07) is 0. The minimum absolute atomic E-state index is 0.104. The van der Waals surface area contributed by atoms with Gasteiger partial charge < -0.3 is 29.3 Å². The number of aryl methyl sites for hydroxylation is 1. The molecular weight excluding hydrogens is 323 g/mol. The molecule has 1 fully saturated rings. The molecule has 124 valence electrons. The number of hydrogen-bond acceptors (Lipinski definition) is 7. The van der Waals surface area contributed by atoms with Crippen molar-refractivity contribution < 1.29 is 33.8 Å². The number of aromatic amines is 1. The molecule has 1 aromatic heterocycles. The molecule has 1 aliphatic heterocycles. The third-order valence-electron chi connectivity index (χ3n) is 3.21. The van der Waals surface area contributed by atoms with E-state index in [4.69, 9.17) is 14.5 Å². The van der Waals surface area contributed by atoms with E-state index in [1.54, 1.807) is 0 Å². The van der Waals surface area contributed by atoms with Gasteiger partial charge in [-0.1, -0.05) is 0 Å². The second-order valence-corrected chi connectivity index (χ2v) is 6.06. The lowest BCUT2D eigenvalue weighted by atomic mass is 10.0. The third-order valence-corrected chi connectivity index (χ3v) is 3.70. The topological polar surface area (TPSA) is 171 Å². The number of aromatic nitrogens is 2. The number of hydrogen-bond donors (Lipinski definition) is 5. The van der Waals surface area contributed by atoms with Gasteiger partial charge in [-0.15, -0.1) is 0 Å². The molecule has 1 unspecified atom stereocenters. The summed E-state index contributed by atoms with van der Waals surface area (Å²) < 4.78 is 21.2. The van der Waals surface area contributed by atoms with Crippen molar-refractivity contribution in [2.75, 3.05) is 6.61 Å². The largest absolute Gasteiger partial charge is 0.469 e. The molecule has 22 heavy (non-hydrogen) atoms. The average molecular weight is 338 g/mol. The van der Waals surface area contributed by atoms with Gasteiger partial charge in [-0.2, -0.15) is 0 Å². The molecule has 5 N–H and O–H groups in total. The Morgan fingerprint density at radius 1 is 1.36 bits per heavy atom. The second-order valence-electron chi connectivity index (χ2n) is 4.82. The highest BCUT2D eigenvalue weighted by atomic mass is 31.2. The highest BCUT2D eigenvalue weighted by Gasteiger charge is 2.45. The van der Waals surface area contributed by atoms with Gasteiger partial charge in [0.25, 0.3) is 5.56 Å². The summed E-state index contributed by atoms with van der Waals surface area (Å²) in [5.41, 5.74) is -1.56. The van der Waals surface area contributed by atoms with Crippen molar-refractivity contribution in [2.45, 2.75) is 24.4 Å². The lowest BCUT2D eigenvalue weighted by Crippen LogP contribution is -2.35. The van der Waals surface area contributed by atoms with Crippen molar-refractivity contribution in [3.63, 3.8) is 0 Å². The lowest BCUT2D eigenvalue weighted by Gasteiger charge is -2.14. The zero-order valence-corrected chi connectivity index (χ0v) is 12.2. The summed E-state index contributed by atoms with van der Waals surface area (Å²) in [4.78, 5) is 42.3. The summed E-state index contributed by atoms with van der Waals surface area (Å²) in [6.07, 6.45) is -4.41. The Bertz CT molecular complexity index is 707. The third kappa shape index (κ3) is 3.52. The van der Waals surface area contributed by atoms with Gasteiger partial charge >= 0.3 is 13.5 Å². The van der Waals surface area contributed by atoms with Crippen molar-refractivity contribution in [2.24, 2.45) is 7.05 Å². The fourth-order valence-corrected chi connectivity index (χ4v) is 2.44. The average Bonchev–Trinajstić information content (AvgIpc) is 2.68. The van der Waals surface area contributed by atoms with E-state index in [2.05, 4.69) is 4.52 Å². The maximum absolute atomic E-state index is 11.8. The molecule has 2 rings (SSSR count). The van der Waals surface area contributed by atoms with Gasteiger partial charge in [0.2, 0.25) is 0 Å². The number of ether oxygens (including phenoxy) is 1. The number of aliphatic hydroxyl groups excluding tert-OH is 2. The number of phosphoric ester groups is 1. The molecule has 0 bridgehead atoms. The normalized spacial score (nSPS) is 29.0. The fourth-order valence-electron chi connectivity index (χ4n) is 2.10. The maximum atomic E-state index is 11.8. The van der Waals surface area contributed by atoms with Crippen molar-refractivity contribution in [1.82, 2.24) is 9.55 Å². The van der Waals surface area contributed by atoms with Crippen LogP contribution in [0, 0.1) is 0 Å². The van der Waals surface area contributed by atoms with Crippen LogP contribution in [0.4, 0.5) is 0 Å². The van der Waals surface area contributed by atoms with E-state index in [1.807, 2.05) is 4.98 Å². The van der Waals surface area contributed by atoms with Gasteiger partial charge in [-0.05, 0) is 0 Å². The molecule has 0 saturated carbocycles. The van der Waals surface area contributed by atoms with E-state index in [1.165, 1.54) is 7.05 Å². The van der Waals surface area contributed by atoms with Gasteiger partial charge in [0.15, 0.2) is 0 Å². The number of phosphoric acid groups is 1. The summed E-state index contributed by atoms with van der Waals surface area (Å²) in [6.45, 7) is -0.678. The molecule has 12 heteroatoms. The molecule has 2 heterocycles. The van der Waals surface area contributed by atoms with Crippen molar-refractivity contribution >= 4 is 7.82 Å².